The smallest absolute Gasteiger partial charge is 0.255 e. The lowest BCUT2D eigenvalue weighted by atomic mass is 10.0. The van der Waals surface area contributed by atoms with Crippen molar-refractivity contribution >= 4 is 5.91 Å². The van der Waals surface area contributed by atoms with Crippen molar-refractivity contribution in [3.05, 3.63) is 41.2 Å². The second-order valence-corrected chi connectivity index (χ2v) is 5.56. The number of ether oxygens (including phenoxy) is 1. The van der Waals surface area contributed by atoms with E-state index < -0.39 is 0 Å². The van der Waals surface area contributed by atoms with Gasteiger partial charge in [0, 0.05) is 19.2 Å². The Hall–Kier alpha value is -2.28. The van der Waals surface area contributed by atoms with E-state index >= 15 is 0 Å². The van der Waals surface area contributed by atoms with Gasteiger partial charge in [0.2, 0.25) is 0 Å². The number of aromatic nitrogens is 4. The number of fused-ring (bicyclic) bond motifs is 1. The monoisotopic (exact) mass is 301 g/mol. The van der Waals surface area contributed by atoms with Gasteiger partial charge in [-0.05, 0) is 35.9 Å². The normalized spacial score (nSPS) is 17.4. The van der Waals surface area contributed by atoms with Crippen LogP contribution in [-0.4, -0.2) is 51.3 Å². The van der Waals surface area contributed by atoms with E-state index in [4.69, 9.17) is 4.74 Å². The molecule has 2 aromatic rings. The first-order valence-corrected chi connectivity index (χ1v) is 7.31. The summed E-state index contributed by atoms with van der Waals surface area (Å²) in [6, 6.07) is 7.47. The molecule has 1 atom stereocenters. The molecule has 0 N–H and O–H groups in total. The number of amides is 1. The Labute approximate surface area is 128 Å². The van der Waals surface area contributed by atoms with Crippen molar-refractivity contribution in [1.29, 1.82) is 0 Å². The van der Waals surface area contributed by atoms with Crippen molar-refractivity contribution in [3.63, 3.8) is 0 Å². The number of rotatable bonds is 5. The van der Waals surface area contributed by atoms with Gasteiger partial charge in [0.15, 0.2) is 5.82 Å². The Bertz CT molecular complexity index is 682. The molecular formula is C15H19N5O2. The minimum atomic E-state index is -0.267. The lowest BCUT2D eigenvalue weighted by Gasteiger charge is -2.24. The van der Waals surface area contributed by atoms with Gasteiger partial charge in [0.25, 0.3) is 5.91 Å². The fourth-order valence-corrected chi connectivity index (χ4v) is 2.82. The Morgan fingerprint density at radius 1 is 1.32 bits per heavy atom. The number of tetrazole rings is 1. The Balaban J connectivity index is 2.08. The number of benzene rings is 1. The highest BCUT2D eigenvalue weighted by Crippen LogP contribution is 2.37. The van der Waals surface area contributed by atoms with Gasteiger partial charge in [-0.2, -0.15) is 0 Å². The van der Waals surface area contributed by atoms with Crippen molar-refractivity contribution in [2.24, 2.45) is 0 Å². The zero-order chi connectivity index (χ0) is 15.7. The minimum Gasteiger partial charge on any atom is -0.383 e. The predicted molar refractivity (Wildman–Crippen MR) is 79.4 cm³/mol. The topological polar surface area (TPSA) is 73.1 Å². The average Bonchev–Trinajstić information content (AvgIpc) is 3.09. The molecule has 7 heteroatoms. The maximum atomic E-state index is 12.7. The molecule has 0 aliphatic carbocycles. The van der Waals surface area contributed by atoms with Gasteiger partial charge in [-0.1, -0.05) is 18.2 Å². The summed E-state index contributed by atoms with van der Waals surface area (Å²) in [5.74, 6) is 0.681. The van der Waals surface area contributed by atoms with Crippen LogP contribution in [-0.2, 0) is 4.74 Å². The lowest BCUT2D eigenvalue weighted by molar-refractivity contribution is 0.0672. The van der Waals surface area contributed by atoms with Crippen molar-refractivity contribution in [2.45, 2.75) is 25.9 Å². The van der Waals surface area contributed by atoms with Gasteiger partial charge >= 0.3 is 0 Å². The molecule has 1 aliphatic rings. The van der Waals surface area contributed by atoms with E-state index in [1.54, 1.807) is 16.7 Å². The Morgan fingerprint density at radius 3 is 2.82 bits per heavy atom. The summed E-state index contributed by atoms with van der Waals surface area (Å²) in [5.41, 5.74) is 1.65. The van der Waals surface area contributed by atoms with Crippen LogP contribution in [0.2, 0.25) is 0 Å². The van der Waals surface area contributed by atoms with Gasteiger partial charge in [-0.3, -0.25) is 4.79 Å². The average molecular weight is 301 g/mol. The number of hydrogen-bond donors (Lipinski definition) is 0. The molecule has 1 aliphatic heterocycles. The molecule has 0 saturated carbocycles. The second-order valence-electron chi connectivity index (χ2n) is 5.56. The van der Waals surface area contributed by atoms with Gasteiger partial charge in [-0.15, -0.1) is 5.10 Å². The molecule has 0 bridgehead atoms. The first kappa shape index (κ1) is 14.6. The highest BCUT2D eigenvalue weighted by molar-refractivity contribution is 5.99. The van der Waals surface area contributed by atoms with E-state index in [1.807, 2.05) is 38.1 Å². The maximum absolute atomic E-state index is 12.7. The van der Waals surface area contributed by atoms with Crippen LogP contribution in [0.3, 0.4) is 0 Å². The van der Waals surface area contributed by atoms with Crippen LogP contribution < -0.4 is 0 Å². The van der Waals surface area contributed by atoms with Crippen LogP contribution in [0.25, 0.3) is 0 Å². The molecule has 3 rings (SSSR count). The molecule has 1 amide bonds. The molecule has 1 unspecified atom stereocenters. The van der Waals surface area contributed by atoms with Crippen LogP contribution in [0, 0.1) is 0 Å². The quantitative estimate of drug-likeness (QED) is 0.835. The number of carbonyl (C=O) groups excluding carboxylic acids is 1. The highest BCUT2D eigenvalue weighted by Gasteiger charge is 2.40. The molecule has 2 heterocycles. The molecule has 116 valence electrons. The van der Waals surface area contributed by atoms with E-state index in [1.165, 1.54) is 0 Å². The van der Waals surface area contributed by atoms with Crippen molar-refractivity contribution in [1.82, 2.24) is 25.1 Å². The van der Waals surface area contributed by atoms with E-state index in [0.29, 0.717) is 24.5 Å². The largest absolute Gasteiger partial charge is 0.383 e. The zero-order valence-electron chi connectivity index (χ0n) is 12.9. The van der Waals surface area contributed by atoms with Gasteiger partial charge < -0.3 is 9.64 Å². The molecule has 1 aromatic carbocycles. The third kappa shape index (κ3) is 2.27. The van der Waals surface area contributed by atoms with E-state index in [-0.39, 0.29) is 18.0 Å². The highest BCUT2D eigenvalue weighted by atomic mass is 16.5. The molecule has 0 spiro atoms. The molecule has 22 heavy (non-hydrogen) atoms. The van der Waals surface area contributed by atoms with Crippen LogP contribution in [0.1, 0.15) is 47.7 Å². The molecular weight excluding hydrogens is 282 g/mol. The number of hydrogen-bond acceptors (Lipinski definition) is 5. The van der Waals surface area contributed by atoms with Gasteiger partial charge in [0.1, 0.15) is 6.04 Å². The summed E-state index contributed by atoms with van der Waals surface area (Å²) in [5, 5.41) is 12.0. The number of nitrogens with zero attached hydrogens (tertiary/aromatic N) is 5. The fraction of sp³-hybridized carbons (Fsp3) is 0.467. The van der Waals surface area contributed by atoms with E-state index in [2.05, 4.69) is 15.5 Å². The van der Waals surface area contributed by atoms with E-state index in [0.717, 1.165) is 5.56 Å². The van der Waals surface area contributed by atoms with Gasteiger partial charge in [-0.25, -0.2) is 4.68 Å². The Morgan fingerprint density at radius 2 is 2.09 bits per heavy atom. The summed E-state index contributed by atoms with van der Waals surface area (Å²) in [7, 11) is 1.63. The van der Waals surface area contributed by atoms with Crippen molar-refractivity contribution in [2.75, 3.05) is 20.3 Å². The SMILES string of the molecule is COCCN1C(=O)c2ccccc2C1c1nnnn1C(C)C. The van der Waals surface area contributed by atoms with Crippen molar-refractivity contribution < 1.29 is 9.53 Å². The van der Waals surface area contributed by atoms with Gasteiger partial charge in [0.05, 0.1) is 12.6 Å². The Kier molecular flexibility index (Phi) is 3.89. The van der Waals surface area contributed by atoms with Crippen LogP contribution >= 0.6 is 0 Å². The first-order valence-electron chi connectivity index (χ1n) is 7.31. The molecule has 0 saturated heterocycles. The first-order chi connectivity index (χ1) is 10.6. The standard InChI is InChI=1S/C15H19N5O2/c1-10(2)20-14(16-17-18-20)13-11-6-4-5-7-12(11)15(21)19(13)8-9-22-3/h4-7,10,13H,8-9H2,1-3H3. The van der Waals surface area contributed by atoms with Crippen LogP contribution in [0.4, 0.5) is 0 Å². The lowest BCUT2D eigenvalue weighted by Crippen LogP contribution is -2.33. The van der Waals surface area contributed by atoms with E-state index in [9.17, 15) is 4.79 Å². The number of carbonyl (C=O) groups is 1. The minimum absolute atomic E-state index is 0.00374. The van der Waals surface area contributed by atoms with Crippen LogP contribution in [0.15, 0.2) is 24.3 Å². The summed E-state index contributed by atoms with van der Waals surface area (Å²) in [4.78, 5) is 14.5. The summed E-state index contributed by atoms with van der Waals surface area (Å²) in [6.45, 7) is 5.00. The summed E-state index contributed by atoms with van der Waals surface area (Å²) >= 11 is 0. The summed E-state index contributed by atoms with van der Waals surface area (Å²) < 4.78 is 6.91. The third-order valence-electron chi connectivity index (χ3n) is 3.85. The fourth-order valence-electron chi connectivity index (χ4n) is 2.82. The molecule has 0 fully saturated rings. The molecule has 7 nitrogen and oxygen atoms in total. The third-order valence-corrected chi connectivity index (χ3v) is 3.85. The predicted octanol–water partition coefficient (Wildman–Crippen LogP) is 1.45. The molecule has 0 radical (unpaired) electrons. The van der Waals surface area contributed by atoms with Crippen LogP contribution in [0.5, 0.6) is 0 Å². The zero-order valence-corrected chi connectivity index (χ0v) is 12.9. The summed E-state index contributed by atoms with van der Waals surface area (Å²) in [6.07, 6.45) is 0. The second kappa shape index (κ2) is 5.84. The maximum Gasteiger partial charge on any atom is 0.255 e. The number of methoxy groups -OCH3 is 1. The van der Waals surface area contributed by atoms with Crippen molar-refractivity contribution in [3.8, 4) is 0 Å². The molecule has 1 aromatic heterocycles.